The van der Waals surface area contributed by atoms with Gasteiger partial charge in [-0.1, -0.05) is 30.3 Å². The standard InChI is InChI=1S/C16H16F4O5/c1-11(7-23-8-12-5-3-2-4-6-12)25-13(22)14(24-10-21)9-15(17,18)16(14,19)20/h2-6,10-11H,7-9H2,1H3. The smallest absolute Gasteiger partial charge is 0.360 e. The molecule has 1 aliphatic carbocycles. The van der Waals surface area contributed by atoms with Crippen molar-refractivity contribution in [2.75, 3.05) is 6.61 Å². The van der Waals surface area contributed by atoms with E-state index in [4.69, 9.17) is 9.47 Å². The number of alkyl halides is 4. The molecule has 2 unspecified atom stereocenters. The normalized spacial score (nSPS) is 24.7. The van der Waals surface area contributed by atoms with Crippen LogP contribution in [0.1, 0.15) is 18.9 Å². The van der Waals surface area contributed by atoms with Crippen LogP contribution in [-0.2, 0) is 30.4 Å². The molecule has 138 valence electrons. The van der Waals surface area contributed by atoms with E-state index in [-0.39, 0.29) is 13.2 Å². The highest BCUT2D eigenvalue weighted by Gasteiger charge is 2.87. The van der Waals surface area contributed by atoms with E-state index in [0.717, 1.165) is 5.56 Å². The van der Waals surface area contributed by atoms with E-state index in [1.165, 1.54) is 6.92 Å². The lowest BCUT2D eigenvalue weighted by molar-refractivity contribution is -0.369. The lowest BCUT2D eigenvalue weighted by atomic mass is 9.72. The fourth-order valence-corrected chi connectivity index (χ4v) is 2.40. The summed E-state index contributed by atoms with van der Waals surface area (Å²) in [5.41, 5.74) is -2.47. The zero-order valence-electron chi connectivity index (χ0n) is 13.2. The third-order valence-electron chi connectivity index (χ3n) is 3.79. The second-order valence-corrected chi connectivity index (χ2v) is 5.71. The number of halogens is 4. The van der Waals surface area contributed by atoms with Crippen LogP contribution in [0.4, 0.5) is 17.6 Å². The molecule has 0 amide bonds. The first-order valence-electron chi connectivity index (χ1n) is 7.36. The molecular weight excluding hydrogens is 348 g/mol. The Hall–Kier alpha value is -2.16. The summed E-state index contributed by atoms with van der Waals surface area (Å²) in [4.78, 5) is 22.3. The topological polar surface area (TPSA) is 61.8 Å². The van der Waals surface area contributed by atoms with Gasteiger partial charge in [-0.2, -0.15) is 17.6 Å². The molecule has 0 aromatic heterocycles. The van der Waals surface area contributed by atoms with Gasteiger partial charge in [0.05, 0.1) is 19.6 Å². The number of ether oxygens (including phenoxy) is 3. The van der Waals surface area contributed by atoms with Gasteiger partial charge in [0, 0.05) is 0 Å². The molecule has 0 bridgehead atoms. The zero-order valence-corrected chi connectivity index (χ0v) is 13.2. The van der Waals surface area contributed by atoms with Crippen LogP contribution in [0.15, 0.2) is 30.3 Å². The highest BCUT2D eigenvalue weighted by Crippen LogP contribution is 2.60. The number of hydrogen-bond donors (Lipinski definition) is 0. The van der Waals surface area contributed by atoms with Crippen LogP contribution in [-0.4, -0.2) is 42.6 Å². The van der Waals surface area contributed by atoms with Crippen molar-refractivity contribution < 1.29 is 41.4 Å². The van der Waals surface area contributed by atoms with Gasteiger partial charge in [-0.25, -0.2) is 4.79 Å². The van der Waals surface area contributed by atoms with E-state index in [1.807, 2.05) is 6.07 Å². The van der Waals surface area contributed by atoms with E-state index in [0.29, 0.717) is 0 Å². The molecule has 1 fully saturated rings. The van der Waals surface area contributed by atoms with Gasteiger partial charge in [0.15, 0.2) is 0 Å². The summed E-state index contributed by atoms with van der Waals surface area (Å²) in [6.45, 7) is 0.903. The van der Waals surface area contributed by atoms with Gasteiger partial charge in [-0.05, 0) is 12.5 Å². The van der Waals surface area contributed by atoms with E-state index in [1.54, 1.807) is 24.3 Å². The molecule has 5 nitrogen and oxygen atoms in total. The fourth-order valence-electron chi connectivity index (χ4n) is 2.40. The van der Waals surface area contributed by atoms with Crippen LogP contribution in [0.3, 0.4) is 0 Å². The Labute approximate surface area is 140 Å². The largest absolute Gasteiger partial charge is 0.457 e. The number of esters is 1. The molecule has 1 aromatic rings. The summed E-state index contributed by atoms with van der Waals surface area (Å²) in [5.74, 6) is -11.0. The Bertz CT molecular complexity index is 622. The number of carbonyl (C=O) groups excluding carboxylic acids is 2. The average molecular weight is 364 g/mol. The summed E-state index contributed by atoms with van der Waals surface area (Å²) in [6, 6.07) is 8.99. The van der Waals surface area contributed by atoms with Crippen molar-refractivity contribution in [1.29, 1.82) is 0 Å². The fraction of sp³-hybridized carbons (Fsp3) is 0.500. The molecule has 0 aliphatic heterocycles. The Morgan fingerprint density at radius 1 is 1.24 bits per heavy atom. The molecular formula is C16H16F4O5. The van der Waals surface area contributed by atoms with E-state index >= 15 is 0 Å². The molecule has 0 spiro atoms. The number of hydrogen-bond acceptors (Lipinski definition) is 5. The van der Waals surface area contributed by atoms with Crippen LogP contribution in [0, 0.1) is 0 Å². The van der Waals surface area contributed by atoms with Crippen molar-refractivity contribution >= 4 is 12.4 Å². The molecule has 2 rings (SSSR count). The summed E-state index contributed by atoms with van der Waals surface area (Å²) in [6.07, 6.45) is -2.64. The number of carbonyl (C=O) groups is 2. The first-order valence-corrected chi connectivity index (χ1v) is 7.36. The minimum atomic E-state index is -4.84. The van der Waals surface area contributed by atoms with Gasteiger partial charge < -0.3 is 14.2 Å². The van der Waals surface area contributed by atoms with Gasteiger partial charge in [0.25, 0.3) is 12.1 Å². The molecule has 2 atom stereocenters. The van der Waals surface area contributed by atoms with Crippen LogP contribution in [0.5, 0.6) is 0 Å². The van der Waals surface area contributed by atoms with Gasteiger partial charge in [0.2, 0.25) is 0 Å². The van der Waals surface area contributed by atoms with Crippen LogP contribution in [0.25, 0.3) is 0 Å². The lowest BCUT2D eigenvalue weighted by Crippen LogP contribution is -2.76. The maximum atomic E-state index is 13.6. The molecule has 0 radical (unpaired) electrons. The van der Waals surface area contributed by atoms with Gasteiger partial charge in [0.1, 0.15) is 6.10 Å². The molecule has 1 aliphatic rings. The second kappa shape index (κ2) is 6.99. The van der Waals surface area contributed by atoms with Crippen LogP contribution in [0.2, 0.25) is 0 Å². The molecule has 1 aromatic carbocycles. The predicted molar refractivity (Wildman–Crippen MR) is 76.0 cm³/mol. The summed E-state index contributed by atoms with van der Waals surface area (Å²) >= 11 is 0. The van der Waals surface area contributed by atoms with Crippen LogP contribution < -0.4 is 0 Å². The van der Waals surface area contributed by atoms with E-state index in [2.05, 4.69) is 4.74 Å². The monoisotopic (exact) mass is 364 g/mol. The molecule has 0 N–H and O–H groups in total. The van der Waals surface area contributed by atoms with E-state index in [9.17, 15) is 27.2 Å². The molecule has 9 heteroatoms. The summed E-state index contributed by atoms with van der Waals surface area (Å²) in [7, 11) is 0. The second-order valence-electron chi connectivity index (χ2n) is 5.71. The Kier molecular flexibility index (Phi) is 5.36. The van der Waals surface area contributed by atoms with Gasteiger partial charge in [-0.3, -0.25) is 4.79 Å². The van der Waals surface area contributed by atoms with Gasteiger partial charge >= 0.3 is 17.8 Å². The molecule has 1 saturated carbocycles. The van der Waals surface area contributed by atoms with Crippen molar-refractivity contribution in [3.05, 3.63) is 35.9 Å². The van der Waals surface area contributed by atoms with Gasteiger partial charge in [-0.15, -0.1) is 0 Å². The Morgan fingerprint density at radius 3 is 2.40 bits per heavy atom. The van der Waals surface area contributed by atoms with Crippen molar-refractivity contribution in [1.82, 2.24) is 0 Å². The number of benzene rings is 1. The third-order valence-corrected chi connectivity index (χ3v) is 3.79. The van der Waals surface area contributed by atoms with Crippen molar-refractivity contribution in [3.63, 3.8) is 0 Å². The quantitative estimate of drug-likeness (QED) is 0.403. The summed E-state index contributed by atoms with van der Waals surface area (Å²) in [5, 5.41) is 0. The predicted octanol–water partition coefficient (Wildman–Crippen LogP) is 2.72. The van der Waals surface area contributed by atoms with Crippen molar-refractivity contribution in [2.45, 2.75) is 43.5 Å². The maximum absolute atomic E-state index is 13.6. The minimum absolute atomic E-state index is 0.153. The summed E-state index contributed by atoms with van der Waals surface area (Å²) < 4.78 is 67.4. The Morgan fingerprint density at radius 2 is 1.88 bits per heavy atom. The molecule has 25 heavy (non-hydrogen) atoms. The lowest BCUT2D eigenvalue weighted by Gasteiger charge is -2.49. The van der Waals surface area contributed by atoms with Crippen molar-refractivity contribution in [3.8, 4) is 0 Å². The third kappa shape index (κ3) is 3.46. The zero-order chi connectivity index (χ0) is 18.7. The van der Waals surface area contributed by atoms with Crippen LogP contribution >= 0.6 is 0 Å². The Balaban J connectivity index is 1.92. The first-order chi connectivity index (χ1) is 11.7. The SMILES string of the molecule is CC(COCc1ccccc1)OC(=O)C1(OC=O)CC(F)(F)C1(F)F. The minimum Gasteiger partial charge on any atom is -0.457 e. The molecule has 0 saturated heterocycles. The number of rotatable bonds is 8. The highest BCUT2D eigenvalue weighted by molar-refractivity contribution is 5.85. The highest BCUT2D eigenvalue weighted by atomic mass is 19.3. The first kappa shape index (κ1) is 19.2. The maximum Gasteiger partial charge on any atom is 0.360 e. The van der Waals surface area contributed by atoms with Crippen molar-refractivity contribution in [2.24, 2.45) is 0 Å². The van der Waals surface area contributed by atoms with E-state index < -0.39 is 42.4 Å². The average Bonchev–Trinajstić information content (AvgIpc) is 2.54. The molecule has 0 heterocycles.